The van der Waals surface area contributed by atoms with Gasteiger partial charge in [-0.3, -0.25) is 19.9 Å². The van der Waals surface area contributed by atoms with Gasteiger partial charge in [0.05, 0.1) is 22.2 Å². The number of rotatable bonds is 4. The molecule has 3 aromatic carbocycles. The van der Waals surface area contributed by atoms with E-state index in [1.807, 2.05) is 61.5 Å². The van der Waals surface area contributed by atoms with E-state index < -0.39 is 5.91 Å². The van der Waals surface area contributed by atoms with E-state index in [1.54, 1.807) is 35.1 Å². The van der Waals surface area contributed by atoms with Crippen molar-refractivity contribution in [2.45, 2.75) is 6.92 Å². The maximum absolute atomic E-state index is 13.3. The van der Waals surface area contributed by atoms with E-state index in [-0.39, 0.29) is 11.5 Å². The van der Waals surface area contributed by atoms with Crippen molar-refractivity contribution in [2.75, 3.05) is 5.32 Å². The lowest BCUT2D eigenvalue weighted by Gasteiger charge is -2.07. The first kappa shape index (κ1) is 19.4. The third kappa shape index (κ3) is 3.56. The number of para-hydroxylation sites is 2. The number of fused-ring (bicyclic) bond motifs is 1. The molecule has 0 unspecified atom stereocenters. The Hall–Kier alpha value is -4.52. The Morgan fingerprint density at radius 3 is 2.47 bits per heavy atom. The number of nitrogens with one attached hydrogen (secondary N) is 2. The van der Waals surface area contributed by atoms with Gasteiger partial charge < -0.3 is 0 Å². The molecule has 2 heterocycles. The van der Waals surface area contributed by atoms with Crippen molar-refractivity contribution in [3.63, 3.8) is 0 Å². The second kappa shape index (κ2) is 7.96. The van der Waals surface area contributed by atoms with E-state index in [4.69, 9.17) is 5.10 Å². The Kier molecular flexibility index (Phi) is 4.84. The molecule has 0 atom stereocenters. The maximum atomic E-state index is 13.3. The van der Waals surface area contributed by atoms with Crippen molar-refractivity contribution in [1.82, 2.24) is 19.7 Å². The number of H-pyrrole nitrogens is 1. The smallest absolute Gasteiger partial charge is 0.261 e. The molecular weight excluding hydrogens is 402 g/mol. The van der Waals surface area contributed by atoms with Crippen LogP contribution < -0.4 is 10.9 Å². The lowest BCUT2D eigenvalue weighted by molar-refractivity contribution is 0.102. The number of carbonyl (C=O) groups excluding carboxylic acids is 1. The fraction of sp³-hybridized carbons (Fsp3) is 0.0400. The van der Waals surface area contributed by atoms with E-state index in [9.17, 15) is 9.59 Å². The summed E-state index contributed by atoms with van der Waals surface area (Å²) in [6.07, 6.45) is 1.69. The fourth-order valence-corrected chi connectivity index (χ4v) is 3.61. The zero-order valence-corrected chi connectivity index (χ0v) is 17.2. The molecule has 5 aromatic rings. The molecule has 2 N–H and O–H groups in total. The molecule has 0 fully saturated rings. The van der Waals surface area contributed by atoms with Crippen molar-refractivity contribution >= 4 is 22.8 Å². The molecule has 0 saturated carbocycles. The van der Waals surface area contributed by atoms with Gasteiger partial charge in [0.25, 0.3) is 11.5 Å². The summed E-state index contributed by atoms with van der Waals surface area (Å²) in [5.41, 5.74) is 3.80. The number of hydrogen-bond acceptors (Lipinski definition) is 4. The minimum Gasteiger partial charge on any atom is -0.292 e. The fourth-order valence-electron chi connectivity index (χ4n) is 3.61. The summed E-state index contributed by atoms with van der Waals surface area (Å²) in [5.74, 6) is -0.328. The van der Waals surface area contributed by atoms with Crippen molar-refractivity contribution < 1.29 is 4.79 Å². The van der Waals surface area contributed by atoms with Crippen LogP contribution in [-0.4, -0.2) is 25.7 Å². The molecule has 0 aliphatic carbocycles. The average Bonchev–Trinajstić information content (AvgIpc) is 3.25. The Morgan fingerprint density at radius 2 is 1.66 bits per heavy atom. The standard InChI is InChI=1S/C25H19N5O2/c1-16-9-5-6-12-18(16)22-20(15-30(29-22)17-10-3-2-4-11-17)24(32)28-25-26-21-14-8-7-13-19(21)23(31)27-25/h2-15H,1H3,(H2,26,27,28,31,32). The summed E-state index contributed by atoms with van der Waals surface area (Å²) >= 11 is 0. The summed E-state index contributed by atoms with van der Waals surface area (Å²) in [6.45, 7) is 1.97. The third-order valence-corrected chi connectivity index (χ3v) is 5.22. The lowest BCUT2D eigenvalue weighted by atomic mass is 10.0. The molecule has 32 heavy (non-hydrogen) atoms. The van der Waals surface area contributed by atoms with Gasteiger partial charge in [0.1, 0.15) is 5.69 Å². The number of amides is 1. The highest BCUT2D eigenvalue weighted by Crippen LogP contribution is 2.27. The van der Waals surface area contributed by atoms with Crippen LogP contribution in [0.2, 0.25) is 0 Å². The number of aromatic nitrogens is 4. The summed E-state index contributed by atoms with van der Waals surface area (Å²) in [6, 6.07) is 24.3. The van der Waals surface area contributed by atoms with Gasteiger partial charge in [0.2, 0.25) is 5.95 Å². The van der Waals surface area contributed by atoms with Crippen LogP contribution in [0.1, 0.15) is 15.9 Å². The van der Waals surface area contributed by atoms with Crippen molar-refractivity contribution in [1.29, 1.82) is 0 Å². The van der Waals surface area contributed by atoms with Crippen LogP contribution in [0.4, 0.5) is 5.95 Å². The minimum atomic E-state index is -0.413. The summed E-state index contributed by atoms with van der Waals surface area (Å²) in [5, 5.41) is 7.89. The Bertz CT molecular complexity index is 1500. The first-order valence-electron chi connectivity index (χ1n) is 10.1. The van der Waals surface area contributed by atoms with Crippen LogP contribution in [-0.2, 0) is 0 Å². The third-order valence-electron chi connectivity index (χ3n) is 5.22. The number of nitrogens with zero attached hydrogens (tertiary/aromatic N) is 3. The summed E-state index contributed by atoms with van der Waals surface area (Å²) in [4.78, 5) is 32.7. The van der Waals surface area contributed by atoms with Crippen LogP contribution in [0, 0.1) is 6.92 Å². The highest BCUT2D eigenvalue weighted by atomic mass is 16.2. The van der Waals surface area contributed by atoms with Crippen LogP contribution in [0.15, 0.2) is 89.9 Å². The Balaban J connectivity index is 1.59. The lowest BCUT2D eigenvalue weighted by Crippen LogP contribution is -2.18. The number of carbonyl (C=O) groups is 1. The summed E-state index contributed by atoms with van der Waals surface area (Å²) < 4.78 is 1.67. The highest BCUT2D eigenvalue weighted by molar-refractivity contribution is 6.07. The zero-order chi connectivity index (χ0) is 22.1. The number of aromatic amines is 1. The van der Waals surface area contributed by atoms with E-state index in [0.29, 0.717) is 22.2 Å². The molecule has 0 radical (unpaired) electrons. The van der Waals surface area contributed by atoms with Crippen LogP contribution >= 0.6 is 0 Å². The van der Waals surface area contributed by atoms with E-state index in [0.717, 1.165) is 16.8 Å². The van der Waals surface area contributed by atoms with Gasteiger partial charge in [0.15, 0.2) is 0 Å². The topological polar surface area (TPSA) is 92.7 Å². The first-order chi connectivity index (χ1) is 15.6. The van der Waals surface area contributed by atoms with Gasteiger partial charge in [-0.2, -0.15) is 5.10 Å². The van der Waals surface area contributed by atoms with Gasteiger partial charge in [-0.25, -0.2) is 9.67 Å². The van der Waals surface area contributed by atoms with Gasteiger partial charge in [-0.15, -0.1) is 0 Å². The number of anilines is 1. The minimum absolute atomic E-state index is 0.0851. The molecule has 7 heteroatoms. The zero-order valence-electron chi connectivity index (χ0n) is 17.2. The Morgan fingerprint density at radius 1 is 0.938 bits per heavy atom. The number of benzene rings is 3. The first-order valence-corrected chi connectivity index (χ1v) is 10.1. The van der Waals surface area contributed by atoms with Crippen molar-refractivity contribution in [3.8, 4) is 16.9 Å². The quantitative estimate of drug-likeness (QED) is 0.452. The van der Waals surface area contributed by atoms with Gasteiger partial charge in [0, 0.05) is 11.8 Å². The van der Waals surface area contributed by atoms with Gasteiger partial charge >= 0.3 is 0 Å². The largest absolute Gasteiger partial charge is 0.292 e. The molecule has 7 nitrogen and oxygen atoms in total. The molecule has 0 saturated heterocycles. The second-order valence-corrected chi connectivity index (χ2v) is 7.37. The predicted molar refractivity (Wildman–Crippen MR) is 124 cm³/mol. The monoisotopic (exact) mass is 421 g/mol. The van der Waals surface area contributed by atoms with E-state index in [2.05, 4.69) is 15.3 Å². The Labute approximate surface area is 183 Å². The molecule has 5 rings (SSSR count). The molecule has 2 aromatic heterocycles. The molecule has 156 valence electrons. The van der Waals surface area contributed by atoms with E-state index in [1.165, 1.54) is 0 Å². The van der Waals surface area contributed by atoms with Gasteiger partial charge in [-0.1, -0.05) is 54.6 Å². The molecule has 0 bridgehead atoms. The van der Waals surface area contributed by atoms with Crippen molar-refractivity contribution in [3.05, 3.63) is 107 Å². The van der Waals surface area contributed by atoms with Crippen LogP contribution in [0.5, 0.6) is 0 Å². The average molecular weight is 421 g/mol. The molecule has 1 amide bonds. The highest BCUT2D eigenvalue weighted by Gasteiger charge is 2.20. The summed E-state index contributed by atoms with van der Waals surface area (Å²) in [7, 11) is 0. The maximum Gasteiger partial charge on any atom is 0.261 e. The predicted octanol–water partition coefficient (Wildman–Crippen LogP) is 4.34. The van der Waals surface area contributed by atoms with Gasteiger partial charge in [-0.05, 0) is 36.8 Å². The number of aryl methyl sites for hydroxylation is 1. The molecular formula is C25H19N5O2. The normalized spacial score (nSPS) is 10.9. The molecule has 0 aliphatic rings. The molecule has 0 aliphatic heterocycles. The second-order valence-electron chi connectivity index (χ2n) is 7.37. The van der Waals surface area contributed by atoms with Crippen LogP contribution in [0.25, 0.3) is 27.8 Å². The SMILES string of the molecule is Cc1ccccc1-c1nn(-c2ccccc2)cc1C(=O)Nc1nc2ccccc2c(=O)[nH]1. The van der Waals surface area contributed by atoms with Crippen LogP contribution in [0.3, 0.4) is 0 Å². The number of hydrogen-bond donors (Lipinski definition) is 2. The van der Waals surface area contributed by atoms with Crippen molar-refractivity contribution in [2.24, 2.45) is 0 Å². The van der Waals surface area contributed by atoms with E-state index >= 15 is 0 Å². The molecule has 0 spiro atoms.